The number of hydrogen-bond donors (Lipinski definition) is 2. The lowest BCUT2D eigenvalue weighted by molar-refractivity contribution is 0.115. The van der Waals surface area contributed by atoms with Crippen LogP contribution in [0.5, 0.6) is 0 Å². The van der Waals surface area contributed by atoms with Crippen LogP contribution in [-0.4, -0.2) is 38.8 Å². The summed E-state index contributed by atoms with van der Waals surface area (Å²) in [7, 11) is 1.88. The van der Waals surface area contributed by atoms with Gasteiger partial charge in [0, 0.05) is 42.2 Å². The van der Waals surface area contributed by atoms with Crippen LogP contribution in [0.2, 0.25) is 0 Å². The molecule has 3 aromatic rings. The number of hydrogen-bond acceptors (Lipinski definition) is 6. The molecule has 0 aliphatic carbocycles. The van der Waals surface area contributed by atoms with Crippen molar-refractivity contribution < 1.29 is 5.11 Å². The van der Waals surface area contributed by atoms with Crippen molar-refractivity contribution in [2.75, 3.05) is 18.0 Å². The van der Waals surface area contributed by atoms with Crippen LogP contribution in [0.3, 0.4) is 0 Å². The van der Waals surface area contributed by atoms with E-state index in [-0.39, 0.29) is 6.04 Å². The highest BCUT2D eigenvalue weighted by Crippen LogP contribution is 2.27. The number of pyridine rings is 1. The van der Waals surface area contributed by atoms with Crippen molar-refractivity contribution in [2.24, 2.45) is 7.05 Å². The highest BCUT2D eigenvalue weighted by atomic mass is 79.9. The van der Waals surface area contributed by atoms with Gasteiger partial charge in [-0.25, -0.2) is 9.97 Å². The van der Waals surface area contributed by atoms with Gasteiger partial charge in [0.2, 0.25) is 0 Å². The molecule has 1 saturated heterocycles. The molecule has 1 aliphatic rings. The smallest absolute Gasteiger partial charge is 0.149 e. The summed E-state index contributed by atoms with van der Waals surface area (Å²) in [5, 5.41) is 24.1. The second kappa shape index (κ2) is 7.87. The summed E-state index contributed by atoms with van der Waals surface area (Å²) in [5.74, 6) is 0.796. The van der Waals surface area contributed by atoms with E-state index in [1.807, 2.05) is 35.9 Å². The van der Waals surface area contributed by atoms with E-state index < -0.39 is 6.23 Å². The predicted molar refractivity (Wildman–Crippen MR) is 111 cm³/mol. The van der Waals surface area contributed by atoms with Crippen LogP contribution in [0.4, 0.5) is 5.82 Å². The maximum Gasteiger partial charge on any atom is 0.149 e. The Labute approximate surface area is 171 Å². The van der Waals surface area contributed by atoms with Gasteiger partial charge in [-0.1, -0.05) is 15.9 Å². The summed E-state index contributed by atoms with van der Waals surface area (Å²) in [6, 6.07) is 10.0. The molecule has 7 nitrogen and oxygen atoms in total. The van der Waals surface area contributed by atoms with Gasteiger partial charge in [0.25, 0.3) is 0 Å². The van der Waals surface area contributed by atoms with Crippen molar-refractivity contribution in [1.29, 1.82) is 5.26 Å². The fraction of sp³-hybridized carbons (Fsp3) is 0.350. The molecule has 2 atom stereocenters. The molecule has 0 saturated carbocycles. The standard InChI is InChI=1S/C20H21BrN6O/c1-26-11-18(23-12-26)20(28)24-15-3-2-6-27(10-15)19-7-13(9-22)16-8-14(21)4-5-17(16)25-19/h4-5,7-8,11-12,15,20,24,28H,2-3,6,10H2,1H3/t15-,20?/m0/s1. The van der Waals surface area contributed by atoms with E-state index in [4.69, 9.17) is 4.98 Å². The fourth-order valence-electron chi connectivity index (χ4n) is 3.64. The summed E-state index contributed by atoms with van der Waals surface area (Å²) in [4.78, 5) is 11.2. The number of imidazole rings is 1. The first-order valence-corrected chi connectivity index (χ1v) is 10.00. The maximum absolute atomic E-state index is 10.4. The van der Waals surface area contributed by atoms with Crippen LogP contribution in [-0.2, 0) is 7.05 Å². The number of anilines is 1. The molecule has 1 aromatic carbocycles. The number of aliphatic hydroxyl groups excluding tert-OH is 1. The lowest BCUT2D eigenvalue weighted by atomic mass is 10.0. The molecule has 2 N–H and O–H groups in total. The van der Waals surface area contributed by atoms with Crippen LogP contribution in [0, 0.1) is 11.3 Å². The number of nitrogens with zero attached hydrogens (tertiary/aromatic N) is 5. The van der Waals surface area contributed by atoms with Crippen LogP contribution in [0.15, 0.2) is 41.3 Å². The molecule has 8 heteroatoms. The third kappa shape index (κ3) is 3.87. The minimum atomic E-state index is -0.803. The van der Waals surface area contributed by atoms with Crippen molar-refractivity contribution in [3.05, 3.63) is 52.5 Å². The zero-order valence-corrected chi connectivity index (χ0v) is 17.1. The molecule has 3 heterocycles. The molecule has 4 rings (SSSR count). The summed E-state index contributed by atoms with van der Waals surface area (Å²) in [6.07, 6.45) is 4.62. The molecule has 0 amide bonds. The van der Waals surface area contributed by atoms with Gasteiger partial charge < -0.3 is 14.6 Å². The number of aromatic nitrogens is 3. The normalized spacial score (nSPS) is 18.2. The monoisotopic (exact) mass is 440 g/mol. The second-order valence-corrected chi connectivity index (χ2v) is 8.04. The molecule has 1 aliphatic heterocycles. The number of nitrogens with one attached hydrogen (secondary N) is 1. The van der Waals surface area contributed by atoms with Crippen molar-refractivity contribution in [3.63, 3.8) is 0 Å². The number of aliphatic hydroxyl groups is 1. The van der Waals surface area contributed by atoms with Gasteiger partial charge in [-0.2, -0.15) is 5.26 Å². The Kier molecular flexibility index (Phi) is 5.31. The lowest BCUT2D eigenvalue weighted by Crippen LogP contribution is -2.47. The van der Waals surface area contributed by atoms with Crippen LogP contribution in [0.25, 0.3) is 10.9 Å². The molecular weight excluding hydrogens is 420 g/mol. The highest BCUT2D eigenvalue weighted by Gasteiger charge is 2.24. The third-order valence-corrected chi connectivity index (χ3v) is 5.51. The third-order valence-electron chi connectivity index (χ3n) is 5.02. The predicted octanol–water partition coefficient (Wildman–Crippen LogP) is 2.85. The molecule has 0 radical (unpaired) electrons. The Morgan fingerprint density at radius 1 is 1.39 bits per heavy atom. The van der Waals surface area contributed by atoms with Gasteiger partial charge in [-0.05, 0) is 37.1 Å². The number of nitriles is 1. The van der Waals surface area contributed by atoms with Gasteiger partial charge in [0.15, 0.2) is 0 Å². The zero-order chi connectivity index (χ0) is 19.7. The molecule has 1 fully saturated rings. The SMILES string of the molecule is Cn1cnc(C(O)N[C@H]2CCCN(c3cc(C#N)c4cc(Br)ccc4n3)C2)c1. The topological polar surface area (TPSA) is 90.0 Å². The number of aryl methyl sites for hydroxylation is 1. The Balaban J connectivity index is 1.54. The van der Waals surface area contributed by atoms with Crippen molar-refractivity contribution >= 4 is 32.7 Å². The number of fused-ring (bicyclic) bond motifs is 1. The van der Waals surface area contributed by atoms with E-state index in [0.717, 1.165) is 40.6 Å². The molecule has 28 heavy (non-hydrogen) atoms. The van der Waals surface area contributed by atoms with Crippen molar-refractivity contribution in [2.45, 2.75) is 25.1 Å². The molecule has 0 spiro atoms. The first-order chi connectivity index (χ1) is 13.5. The molecule has 2 aromatic heterocycles. The van der Waals surface area contributed by atoms with E-state index in [1.165, 1.54) is 0 Å². The summed E-state index contributed by atoms with van der Waals surface area (Å²) < 4.78 is 2.74. The van der Waals surface area contributed by atoms with Crippen LogP contribution in [0.1, 0.15) is 30.3 Å². The molecule has 1 unspecified atom stereocenters. The average molecular weight is 441 g/mol. The summed E-state index contributed by atoms with van der Waals surface area (Å²) in [6.45, 7) is 1.58. The Morgan fingerprint density at radius 2 is 2.25 bits per heavy atom. The summed E-state index contributed by atoms with van der Waals surface area (Å²) in [5.41, 5.74) is 2.03. The average Bonchev–Trinajstić information content (AvgIpc) is 3.14. The van der Waals surface area contributed by atoms with E-state index in [1.54, 1.807) is 12.5 Å². The van der Waals surface area contributed by atoms with E-state index in [0.29, 0.717) is 17.8 Å². The number of rotatable bonds is 4. The first-order valence-electron chi connectivity index (χ1n) is 9.21. The van der Waals surface area contributed by atoms with Gasteiger partial charge in [0.1, 0.15) is 17.7 Å². The minimum absolute atomic E-state index is 0.110. The lowest BCUT2D eigenvalue weighted by Gasteiger charge is -2.35. The minimum Gasteiger partial charge on any atom is -0.373 e. The van der Waals surface area contributed by atoms with Crippen molar-refractivity contribution in [3.8, 4) is 6.07 Å². The number of halogens is 1. The van der Waals surface area contributed by atoms with E-state index in [2.05, 4.69) is 37.2 Å². The molecule has 144 valence electrons. The maximum atomic E-state index is 10.4. The Morgan fingerprint density at radius 3 is 3.00 bits per heavy atom. The fourth-order valence-corrected chi connectivity index (χ4v) is 4.00. The Hall–Kier alpha value is -2.47. The van der Waals surface area contributed by atoms with E-state index in [9.17, 15) is 10.4 Å². The van der Waals surface area contributed by atoms with Crippen molar-refractivity contribution in [1.82, 2.24) is 19.9 Å². The quantitative estimate of drug-likeness (QED) is 0.606. The van der Waals surface area contributed by atoms with Gasteiger partial charge in [-0.3, -0.25) is 5.32 Å². The first kappa shape index (κ1) is 18.9. The number of piperidine rings is 1. The second-order valence-electron chi connectivity index (χ2n) is 7.12. The largest absolute Gasteiger partial charge is 0.373 e. The number of benzene rings is 1. The highest BCUT2D eigenvalue weighted by molar-refractivity contribution is 9.10. The molecular formula is C20H21BrN6O. The van der Waals surface area contributed by atoms with Gasteiger partial charge >= 0.3 is 0 Å². The summed E-state index contributed by atoms with van der Waals surface area (Å²) >= 11 is 3.46. The zero-order valence-electron chi connectivity index (χ0n) is 15.5. The molecule has 0 bridgehead atoms. The Bertz CT molecular complexity index is 1040. The van der Waals surface area contributed by atoms with E-state index >= 15 is 0 Å². The van der Waals surface area contributed by atoms with Gasteiger partial charge in [0.05, 0.1) is 23.5 Å². The van der Waals surface area contributed by atoms with Gasteiger partial charge in [-0.15, -0.1) is 0 Å². The van der Waals surface area contributed by atoms with Crippen LogP contribution < -0.4 is 10.2 Å². The van der Waals surface area contributed by atoms with Crippen LogP contribution >= 0.6 is 15.9 Å².